The number of rotatable bonds is 1. The van der Waals surface area contributed by atoms with E-state index in [0.29, 0.717) is 5.69 Å². The van der Waals surface area contributed by atoms with Crippen LogP contribution < -0.4 is 5.46 Å². The molecule has 0 aromatic heterocycles. The Morgan fingerprint density at radius 3 is 2.17 bits per heavy atom. The third kappa shape index (κ3) is 1.94. The van der Waals surface area contributed by atoms with Gasteiger partial charge in [-0.2, -0.15) is 0 Å². The molecule has 1 aliphatic rings. The van der Waals surface area contributed by atoms with Gasteiger partial charge >= 0.3 is 7.12 Å². The van der Waals surface area contributed by atoms with Crippen molar-refractivity contribution in [1.82, 2.24) is 0 Å². The van der Waals surface area contributed by atoms with Crippen LogP contribution in [0.3, 0.4) is 0 Å². The molecule has 0 saturated carbocycles. The molecular weight excluding hydrogens is 225 g/mol. The van der Waals surface area contributed by atoms with Crippen molar-refractivity contribution in [3.63, 3.8) is 0 Å². The molecule has 1 aliphatic heterocycles. The normalized spacial score (nSPS) is 20.8. The highest BCUT2D eigenvalue weighted by Gasteiger charge is 2.52. The molecule has 4 heteroatoms. The van der Waals surface area contributed by atoms with Gasteiger partial charge in [-0.3, -0.25) is 0 Å². The molecule has 94 valence electrons. The Kier molecular flexibility index (Phi) is 3.00. The van der Waals surface area contributed by atoms with Crippen LogP contribution in [0.4, 0.5) is 5.69 Å². The van der Waals surface area contributed by atoms with Crippen molar-refractivity contribution in [1.29, 1.82) is 0 Å². The van der Waals surface area contributed by atoms with Gasteiger partial charge in [0.25, 0.3) is 0 Å². The van der Waals surface area contributed by atoms with E-state index >= 15 is 0 Å². The zero-order valence-corrected chi connectivity index (χ0v) is 11.6. The first-order valence-corrected chi connectivity index (χ1v) is 6.11. The first kappa shape index (κ1) is 13.1. The van der Waals surface area contributed by atoms with Gasteiger partial charge < -0.3 is 9.31 Å². The van der Waals surface area contributed by atoms with Gasteiger partial charge in [-0.25, -0.2) is 4.85 Å². The summed E-state index contributed by atoms with van der Waals surface area (Å²) >= 11 is 0. The van der Waals surface area contributed by atoms with Crippen LogP contribution in [0.1, 0.15) is 33.3 Å². The van der Waals surface area contributed by atoms with Crippen molar-refractivity contribution in [2.24, 2.45) is 0 Å². The summed E-state index contributed by atoms with van der Waals surface area (Å²) in [7, 11) is -0.392. The maximum Gasteiger partial charge on any atom is 0.493 e. The highest BCUT2D eigenvalue weighted by atomic mass is 16.7. The summed E-state index contributed by atoms with van der Waals surface area (Å²) in [5.74, 6) is 0. The van der Waals surface area contributed by atoms with Gasteiger partial charge in [0.05, 0.1) is 17.8 Å². The van der Waals surface area contributed by atoms with Crippen LogP contribution in [-0.2, 0) is 9.31 Å². The van der Waals surface area contributed by atoms with E-state index in [2.05, 4.69) is 4.85 Å². The van der Waals surface area contributed by atoms with E-state index in [4.69, 9.17) is 15.9 Å². The Morgan fingerprint density at radius 1 is 1.11 bits per heavy atom. The first-order chi connectivity index (χ1) is 8.28. The molecule has 2 rings (SSSR count). The number of hydrogen-bond donors (Lipinski definition) is 0. The molecule has 0 bridgehead atoms. The minimum atomic E-state index is -0.392. The molecule has 1 heterocycles. The molecule has 0 amide bonds. The van der Waals surface area contributed by atoms with E-state index in [1.165, 1.54) is 0 Å². The summed E-state index contributed by atoms with van der Waals surface area (Å²) in [6.45, 7) is 17.2. The quantitative estimate of drug-likeness (QED) is 0.559. The molecule has 18 heavy (non-hydrogen) atoms. The van der Waals surface area contributed by atoms with Gasteiger partial charge in [0.15, 0.2) is 5.69 Å². The van der Waals surface area contributed by atoms with Crippen LogP contribution in [-0.4, -0.2) is 18.3 Å². The molecular formula is C14H18BNO2. The molecule has 0 atom stereocenters. The first-order valence-electron chi connectivity index (χ1n) is 6.11. The molecule has 1 saturated heterocycles. The van der Waals surface area contributed by atoms with Crippen LogP contribution in [0.5, 0.6) is 0 Å². The highest BCUT2D eigenvalue weighted by molar-refractivity contribution is 6.62. The standard InChI is InChI=1S/C14H18BNO2/c1-10-11(8-7-9-12(10)16-6)15-17-13(2,3)14(4,5)18-15/h7-9H,1-5H3. The van der Waals surface area contributed by atoms with Crippen molar-refractivity contribution >= 4 is 18.3 Å². The van der Waals surface area contributed by atoms with E-state index in [9.17, 15) is 0 Å². The Bertz CT molecular complexity index is 501. The lowest BCUT2D eigenvalue weighted by atomic mass is 9.76. The number of nitrogens with zero attached hydrogens (tertiary/aromatic N) is 1. The molecule has 3 nitrogen and oxygen atoms in total. The van der Waals surface area contributed by atoms with Crippen molar-refractivity contribution in [3.05, 3.63) is 35.2 Å². The zero-order valence-electron chi connectivity index (χ0n) is 11.6. The van der Waals surface area contributed by atoms with Crippen molar-refractivity contribution < 1.29 is 9.31 Å². The SMILES string of the molecule is [C-]#[N+]c1cccc(B2OC(C)(C)C(C)(C)O2)c1C. The summed E-state index contributed by atoms with van der Waals surface area (Å²) in [4.78, 5) is 3.51. The molecule has 1 aromatic carbocycles. The highest BCUT2D eigenvalue weighted by Crippen LogP contribution is 2.37. The zero-order chi connectivity index (χ0) is 13.6. The fraction of sp³-hybridized carbons (Fsp3) is 0.500. The molecule has 1 fully saturated rings. The second-order valence-electron chi connectivity index (χ2n) is 5.69. The molecule has 0 unspecified atom stereocenters. The summed E-state index contributed by atoms with van der Waals surface area (Å²) in [5, 5.41) is 0. The van der Waals surface area contributed by atoms with Crippen LogP contribution >= 0.6 is 0 Å². The maximum atomic E-state index is 7.15. The molecule has 0 spiro atoms. The van der Waals surface area contributed by atoms with E-state index < -0.39 is 7.12 Å². The van der Waals surface area contributed by atoms with Crippen molar-refractivity contribution in [2.45, 2.75) is 45.8 Å². The lowest BCUT2D eigenvalue weighted by Crippen LogP contribution is -2.41. The number of hydrogen-bond acceptors (Lipinski definition) is 2. The third-order valence-electron chi connectivity index (χ3n) is 3.97. The Hall–Kier alpha value is -1.31. The van der Waals surface area contributed by atoms with Gasteiger partial charge in [0.2, 0.25) is 0 Å². The molecule has 0 N–H and O–H groups in total. The van der Waals surface area contributed by atoms with Crippen LogP contribution in [0.25, 0.3) is 4.85 Å². The molecule has 0 aliphatic carbocycles. The largest absolute Gasteiger partial charge is 0.493 e. The van der Waals surface area contributed by atoms with Gasteiger partial charge in [-0.15, -0.1) is 0 Å². The van der Waals surface area contributed by atoms with Crippen molar-refractivity contribution in [3.8, 4) is 0 Å². The van der Waals surface area contributed by atoms with E-state index in [1.54, 1.807) is 0 Å². The summed E-state index contributed by atoms with van der Waals surface area (Å²) in [6.07, 6.45) is 0. The number of benzene rings is 1. The van der Waals surface area contributed by atoms with E-state index in [-0.39, 0.29) is 11.2 Å². The molecule has 0 radical (unpaired) electrons. The Balaban J connectivity index is 2.39. The summed E-state index contributed by atoms with van der Waals surface area (Å²) in [5.41, 5.74) is 1.84. The van der Waals surface area contributed by atoms with Gasteiger partial charge in [0, 0.05) is 0 Å². The smallest absolute Gasteiger partial charge is 0.399 e. The second kappa shape index (κ2) is 4.12. The van der Waals surface area contributed by atoms with E-state index in [0.717, 1.165) is 11.0 Å². The minimum absolute atomic E-state index is 0.349. The summed E-state index contributed by atoms with van der Waals surface area (Å²) in [6, 6.07) is 5.66. The lowest BCUT2D eigenvalue weighted by Gasteiger charge is -2.32. The molecule has 1 aromatic rings. The third-order valence-corrected chi connectivity index (χ3v) is 3.97. The topological polar surface area (TPSA) is 22.8 Å². The van der Waals surface area contributed by atoms with Crippen LogP contribution in [0.2, 0.25) is 0 Å². The van der Waals surface area contributed by atoms with Crippen molar-refractivity contribution in [2.75, 3.05) is 0 Å². The Labute approximate surface area is 109 Å². The van der Waals surface area contributed by atoms with Crippen LogP contribution in [0.15, 0.2) is 18.2 Å². The second-order valence-corrected chi connectivity index (χ2v) is 5.69. The van der Waals surface area contributed by atoms with E-state index in [1.807, 2.05) is 52.8 Å². The maximum absolute atomic E-state index is 7.15. The fourth-order valence-corrected chi connectivity index (χ4v) is 1.99. The van der Waals surface area contributed by atoms with Gasteiger partial charge in [-0.05, 0) is 45.6 Å². The minimum Gasteiger partial charge on any atom is -0.399 e. The lowest BCUT2D eigenvalue weighted by molar-refractivity contribution is 0.00578. The predicted molar refractivity (Wildman–Crippen MR) is 73.2 cm³/mol. The Morgan fingerprint density at radius 2 is 1.67 bits per heavy atom. The van der Waals surface area contributed by atoms with Gasteiger partial charge in [0.1, 0.15) is 0 Å². The average molecular weight is 243 g/mol. The van der Waals surface area contributed by atoms with Gasteiger partial charge in [-0.1, -0.05) is 18.2 Å². The predicted octanol–water partition coefficient (Wildman–Crippen LogP) is 2.85. The average Bonchev–Trinajstić information content (AvgIpc) is 2.48. The fourth-order valence-electron chi connectivity index (χ4n) is 1.99. The summed E-state index contributed by atoms with van der Waals surface area (Å²) < 4.78 is 12.0. The van der Waals surface area contributed by atoms with Crippen LogP contribution in [0, 0.1) is 13.5 Å². The monoisotopic (exact) mass is 243 g/mol.